The molecule has 6 heteroatoms. The molecular formula is C18H15N3O3. The Morgan fingerprint density at radius 3 is 2.50 bits per heavy atom. The fourth-order valence-corrected chi connectivity index (χ4v) is 2.46. The van der Waals surface area contributed by atoms with Crippen molar-refractivity contribution in [2.24, 2.45) is 0 Å². The van der Waals surface area contributed by atoms with E-state index in [9.17, 15) is 14.9 Å². The van der Waals surface area contributed by atoms with E-state index in [1.54, 1.807) is 13.0 Å². The molecule has 0 saturated heterocycles. The molecule has 0 aliphatic carbocycles. The second-order valence-electron chi connectivity index (χ2n) is 5.35. The van der Waals surface area contributed by atoms with Crippen LogP contribution in [0.1, 0.15) is 15.9 Å². The molecule has 120 valence electrons. The summed E-state index contributed by atoms with van der Waals surface area (Å²) in [4.78, 5) is 22.7. The van der Waals surface area contributed by atoms with Crippen molar-refractivity contribution in [3.8, 4) is 5.69 Å². The monoisotopic (exact) mass is 321 g/mol. The highest BCUT2D eigenvalue weighted by molar-refractivity contribution is 6.04. The van der Waals surface area contributed by atoms with E-state index in [0.717, 1.165) is 5.69 Å². The number of aryl methyl sites for hydroxylation is 1. The van der Waals surface area contributed by atoms with Crippen LogP contribution in [-0.2, 0) is 0 Å². The lowest BCUT2D eigenvalue weighted by Gasteiger charge is -2.09. The summed E-state index contributed by atoms with van der Waals surface area (Å²) in [6.45, 7) is 1.61. The van der Waals surface area contributed by atoms with Crippen LogP contribution in [0.15, 0.2) is 67.0 Å². The molecule has 1 heterocycles. The van der Waals surface area contributed by atoms with Crippen molar-refractivity contribution in [2.45, 2.75) is 6.92 Å². The summed E-state index contributed by atoms with van der Waals surface area (Å²) in [5.74, 6) is -0.308. The first-order valence-corrected chi connectivity index (χ1v) is 7.34. The zero-order valence-electron chi connectivity index (χ0n) is 13.0. The quantitative estimate of drug-likeness (QED) is 0.584. The molecule has 0 unspecified atom stereocenters. The first kappa shape index (κ1) is 15.5. The number of nitrogens with one attached hydrogen (secondary N) is 1. The van der Waals surface area contributed by atoms with Crippen LogP contribution in [0.2, 0.25) is 0 Å². The lowest BCUT2D eigenvalue weighted by atomic mass is 10.1. The van der Waals surface area contributed by atoms with Gasteiger partial charge in [-0.15, -0.1) is 0 Å². The number of anilines is 1. The normalized spacial score (nSPS) is 10.4. The van der Waals surface area contributed by atoms with Crippen LogP contribution >= 0.6 is 0 Å². The first-order valence-electron chi connectivity index (χ1n) is 7.34. The number of hydrogen-bond donors (Lipinski definition) is 1. The molecule has 0 radical (unpaired) electrons. The number of carbonyl (C=O) groups excluding carboxylic acids is 1. The molecule has 0 bridgehead atoms. The van der Waals surface area contributed by atoms with Crippen molar-refractivity contribution in [1.29, 1.82) is 0 Å². The van der Waals surface area contributed by atoms with Crippen LogP contribution in [0.4, 0.5) is 11.4 Å². The Morgan fingerprint density at radius 1 is 1.08 bits per heavy atom. The van der Waals surface area contributed by atoms with Crippen molar-refractivity contribution in [3.63, 3.8) is 0 Å². The van der Waals surface area contributed by atoms with Gasteiger partial charge in [-0.25, -0.2) is 0 Å². The third kappa shape index (κ3) is 3.17. The maximum absolute atomic E-state index is 12.4. The average molecular weight is 321 g/mol. The number of nitrogens with zero attached hydrogens (tertiary/aromatic N) is 2. The minimum Gasteiger partial charge on any atom is -0.324 e. The van der Waals surface area contributed by atoms with E-state index in [4.69, 9.17) is 0 Å². The van der Waals surface area contributed by atoms with E-state index < -0.39 is 4.92 Å². The summed E-state index contributed by atoms with van der Waals surface area (Å²) in [5.41, 5.74) is 2.42. The molecule has 1 amide bonds. The molecule has 2 aromatic carbocycles. The first-order chi connectivity index (χ1) is 11.5. The number of nitro groups is 1. The molecule has 0 aliphatic rings. The molecule has 1 N–H and O–H groups in total. The molecule has 3 aromatic rings. The SMILES string of the molecule is Cc1cc(C(=O)Nc2cccc(-n3cccc3)c2)ccc1[N+](=O)[O-]. The Kier molecular flexibility index (Phi) is 4.11. The highest BCUT2D eigenvalue weighted by Gasteiger charge is 2.14. The topological polar surface area (TPSA) is 77.2 Å². The third-order valence-electron chi connectivity index (χ3n) is 3.66. The van der Waals surface area contributed by atoms with Crippen molar-refractivity contribution in [2.75, 3.05) is 5.32 Å². The molecule has 1 aromatic heterocycles. The Balaban J connectivity index is 1.81. The van der Waals surface area contributed by atoms with Gasteiger partial charge in [0.15, 0.2) is 0 Å². The maximum atomic E-state index is 12.4. The zero-order chi connectivity index (χ0) is 17.1. The minimum absolute atomic E-state index is 0.00107. The molecule has 24 heavy (non-hydrogen) atoms. The average Bonchev–Trinajstić information content (AvgIpc) is 3.09. The zero-order valence-corrected chi connectivity index (χ0v) is 13.0. The van der Waals surface area contributed by atoms with Crippen LogP contribution < -0.4 is 5.32 Å². The van der Waals surface area contributed by atoms with Crippen molar-refractivity contribution >= 4 is 17.3 Å². The number of amides is 1. The smallest absolute Gasteiger partial charge is 0.272 e. The number of benzene rings is 2. The van der Waals surface area contributed by atoms with Gasteiger partial charge >= 0.3 is 0 Å². The summed E-state index contributed by atoms with van der Waals surface area (Å²) < 4.78 is 1.94. The van der Waals surface area contributed by atoms with Crippen LogP contribution in [-0.4, -0.2) is 15.4 Å². The van der Waals surface area contributed by atoms with Gasteiger partial charge in [0.25, 0.3) is 11.6 Å². The highest BCUT2D eigenvalue weighted by atomic mass is 16.6. The summed E-state index contributed by atoms with van der Waals surface area (Å²) in [6.07, 6.45) is 3.83. The van der Waals surface area contributed by atoms with Crippen LogP contribution in [0.5, 0.6) is 0 Å². The molecule has 0 spiro atoms. The lowest BCUT2D eigenvalue weighted by Crippen LogP contribution is -2.12. The van der Waals surface area contributed by atoms with Crippen molar-refractivity contribution in [3.05, 3.63) is 88.2 Å². The molecule has 0 atom stereocenters. The van der Waals surface area contributed by atoms with Crippen LogP contribution in [0.3, 0.4) is 0 Å². The summed E-state index contributed by atoms with van der Waals surface area (Å²) in [5, 5.41) is 13.7. The van der Waals surface area contributed by atoms with Gasteiger partial charge in [0.2, 0.25) is 0 Å². The number of hydrogen-bond acceptors (Lipinski definition) is 3. The molecule has 0 aliphatic heterocycles. The molecule has 0 fully saturated rings. The molecular weight excluding hydrogens is 306 g/mol. The van der Waals surface area contributed by atoms with Gasteiger partial charge in [0.1, 0.15) is 0 Å². The predicted molar refractivity (Wildman–Crippen MR) is 91.6 cm³/mol. The number of carbonyl (C=O) groups is 1. The number of rotatable bonds is 4. The van der Waals surface area contributed by atoms with E-state index in [1.807, 2.05) is 47.3 Å². The van der Waals surface area contributed by atoms with Crippen molar-refractivity contribution < 1.29 is 9.72 Å². The standard InChI is InChI=1S/C18H15N3O3/c1-13-11-14(7-8-17(13)21(23)24)18(22)19-15-5-4-6-16(12-15)20-9-2-3-10-20/h2-12H,1H3,(H,19,22). The van der Waals surface area contributed by atoms with Gasteiger partial charge in [0, 0.05) is 41.0 Å². The Morgan fingerprint density at radius 2 is 1.83 bits per heavy atom. The largest absolute Gasteiger partial charge is 0.324 e. The number of aromatic nitrogens is 1. The fourth-order valence-electron chi connectivity index (χ4n) is 2.46. The maximum Gasteiger partial charge on any atom is 0.272 e. The fraction of sp³-hybridized carbons (Fsp3) is 0.0556. The van der Waals surface area contributed by atoms with E-state index in [-0.39, 0.29) is 11.6 Å². The van der Waals surface area contributed by atoms with Gasteiger partial charge in [-0.1, -0.05) is 6.07 Å². The van der Waals surface area contributed by atoms with Gasteiger partial charge in [-0.2, -0.15) is 0 Å². The summed E-state index contributed by atoms with van der Waals surface area (Å²) in [7, 11) is 0. The van der Waals surface area contributed by atoms with Gasteiger partial charge in [-0.3, -0.25) is 14.9 Å². The summed E-state index contributed by atoms with van der Waals surface area (Å²) >= 11 is 0. The Labute approximate surface area is 138 Å². The Hall–Kier alpha value is -3.41. The second kappa shape index (κ2) is 6.37. The lowest BCUT2D eigenvalue weighted by molar-refractivity contribution is -0.385. The number of nitro benzene ring substituents is 1. The van der Waals surface area contributed by atoms with Gasteiger partial charge < -0.3 is 9.88 Å². The minimum atomic E-state index is -0.461. The molecule has 0 saturated carbocycles. The van der Waals surface area contributed by atoms with E-state index >= 15 is 0 Å². The van der Waals surface area contributed by atoms with Gasteiger partial charge in [0.05, 0.1) is 4.92 Å². The highest BCUT2D eigenvalue weighted by Crippen LogP contribution is 2.20. The van der Waals surface area contributed by atoms with Crippen LogP contribution in [0, 0.1) is 17.0 Å². The van der Waals surface area contributed by atoms with E-state index in [0.29, 0.717) is 16.8 Å². The predicted octanol–water partition coefficient (Wildman–Crippen LogP) is 3.95. The van der Waals surface area contributed by atoms with E-state index in [2.05, 4.69) is 5.32 Å². The van der Waals surface area contributed by atoms with Gasteiger partial charge in [-0.05, 0) is 49.4 Å². The van der Waals surface area contributed by atoms with E-state index in [1.165, 1.54) is 18.2 Å². The molecule has 6 nitrogen and oxygen atoms in total. The Bertz CT molecular complexity index is 902. The third-order valence-corrected chi connectivity index (χ3v) is 3.66. The molecule has 3 rings (SSSR count). The van der Waals surface area contributed by atoms with Crippen LogP contribution in [0.25, 0.3) is 5.69 Å². The van der Waals surface area contributed by atoms with Crippen molar-refractivity contribution in [1.82, 2.24) is 4.57 Å². The summed E-state index contributed by atoms with van der Waals surface area (Å²) in [6, 6.07) is 15.6. The second-order valence-corrected chi connectivity index (χ2v) is 5.35.